The summed E-state index contributed by atoms with van der Waals surface area (Å²) >= 11 is 0. The highest BCUT2D eigenvalue weighted by Crippen LogP contribution is 2.27. The number of carbonyl (C=O) groups is 2. The van der Waals surface area contributed by atoms with E-state index < -0.39 is 17.8 Å². The minimum atomic E-state index is -0.712. The molecule has 0 radical (unpaired) electrons. The van der Waals surface area contributed by atoms with Gasteiger partial charge in [0.1, 0.15) is 11.9 Å². The van der Waals surface area contributed by atoms with Gasteiger partial charge in [0.25, 0.3) is 5.91 Å². The van der Waals surface area contributed by atoms with Crippen molar-refractivity contribution in [3.63, 3.8) is 0 Å². The van der Waals surface area contributed by atoms with Crippen LogP contribution in [0.15, 0.2) is 42.5 Å². The number of halogens is 1. The van der Waals surface area contributed by atoms with Gasteiger partial charge in [-0.05, 0) is 48.2 Å². The first-order chi connectivity index (χ1) is 14.3. The van der Waals surface area contributed by atoms with Gasteiger partial charge in [0.2, 0.25) is 5.91 Å². The molecule has 2 amide bonds. The molecule has 30 heavy (non-hydrogen) atoms. The van der Waals surface area contributed by atoms with E-state index in [1.807, 2.05) is 32.0 Å². The van der Waals surface area contributed by atoms with E-state index in [0.29, 0.717) is 24.5 Å². The van der Waals surface area contributed by atoms with E-state index in [4.69, 9.17) is 9.47 Å². The third-order valence-corrected chi connectivity index (χ3v) is 4.87. The molecule has 2 rings (SSSR count). The Labute approximate surface area is 177 Å². The molecular formula is C23H29FN2O4. The SMILES string of the molecule is COc1ccc(CCN(C)C(=O)C(NC(=O)c2cccc(F)c2)C(C)C)cc1OC. The Morgan fingerprint density at radius 1 is 1.07 bits per heavy atom. The number of benzene rings is 2. The van der Waals surface area contributed by atoms with E-state index in [-0.39, 0.29) is 17.4 Å². The van der Waals surface area contributed by atoms with Crippen LogP contribution in [0.2, 0.25) is 0 Å². The molecular weight excluding hydrogens is 387 g/mol. The molecule has 1 N–H and O–H groups in total. The fourth-order valence-electron chi connectivity index (χ4n) is 3.05. The lowest BCUT2D eigenvalue weighted by Gasteiger charge is -2.27. The highest BCUT2D eigenvalue weighted by atomic mass is 19.1. The van der Waals surface area contributed by atoms with Crippen molar-refractivity contribution in [1.29, 1.82) is 0 Å². The molecule has 0 aliphatic rings. The smallest absolute Gasteiger partial charge is 0.252 e. The molecule has 7 heteroatoms. The van der Waals surface area contributed by atoms with E-state index in [1.165, 1.54) is 18.2 Å². The maximum absolute atomic E-state index is 13.4. The normalized spacial score (nSPS) is 11.7. The number of nitrogens with zero attached hydrogens (tertiary/aromatic N) is 1. The molecule has 2 aromatic rings. The number of hydrogen-bond acceptors (Lipinski definition) is 4. The van der Waals surface area contributed by atoms with Crippen LogP contribution in [0.3, 0.4) is 0 Å². The lowest BCUT2D eigenvalue weighted by Crippen LogP contribution is -2.50. The van der Waals surface area contributed by atoms with Crippen LogP contribution in [-0.2, 0) is 11.2 Å². The lowest BCUT2D eigenvalue weighted by atomic mass is 10.0. The predicted octanol–water partition coefficient (Wildman–Crippen LogP) is 3.30. The van der Waals surface area contributed by atoms with Crippen LogP contribution in [-0.4, -0.2) is 50.6 Å². The maximum Gasteiger partial charge on any atom is 0.252 e. The summed E-state index contributed by atoms with van der Waals surface area (Å²) in [7, 11) is 4.85. The number of nitrogens with one attached hydrogen (secondary N) is 1. The highest BCUT2D eigenvalue weighted by molar-refractivity contribution is 5.97. The molecule has 0 spiro atoms. The van der Waals surface area contributed by atoms with E-state index >= 15 is 0 Å². The van der Waals surface area contributed by atoms with E-state index in [9.17, 15) is 14.0 Å². The van der Waals surface area contributed by atoms with Crippen LogP contribution in [0, 0.1) is 11.7 Å². The van der Waals surface area contributed by atoms with Crippen molar-refractivity contribution in [2.24, 2.45) is 5.92 Å². The monoisotopic (exact) mass is 416 g/mol. The fourth-order valence-corrected chi connectivity index (χ4v) is 3.05. The first kappa shape index (κ1) is 23.2. The highest BCUT2D eigenvalue weighted by Gasteiger charge is 2.27. The number of amides is 2. The Balaban J connectivity index is 2.03. The van der Waals surface area contributed by atoms with Crippen LogP contribution in [0.25, 0.3) is 0 Å². The zero-order valence-electron chi connectivity index (χ0n) is 18.1. The van der Waals surface area contributed by atoms with Gasteiger partial charge in [-0.15, -0.1) is 0 Å². The second kappa shape index (κ2) is 10.6. The Hall–Kier alpha value is -3.09. The number of likely N-dealkylation sites (N-methyl/N-ethyl adjacent to an activating group) is 1. The van der Waals surface area contributed by atoms with Gasteiger partial charge in [0.05, 0.1) is 14.2 Å². The summed E-state index contributed by atoms with van der Waals surface area (Å²) in [5.41, 5.74) is 1.18. The fraction of sp³-hybridized carbons (Fsp3) is 0.391. The molecule has 0 saturated heterocycles. The zero-order chi connectivity index (χ0) is 22.3. The predicted molar refractivity (Wildman–Crippen MR) is 113 cm³/mol. The van der Waals surface area contributed by atoms with Crippen molar-refractivity contribution in [3.05, 3.63) is 59.4 Å². The molecule has 162 valence electrons. The minimum absolute atomic E-state index is 0.126. The van der Waals surface area contributed by atoms with Crippen molar-refractivity contribution in [3.8, 4) is 11.5 Å². The summed E-state index contributed by atoms with van der Waals surface area (Å²) in [6, 6.07) is 10.3. The summed E-state index contributed by atoms with van der Waals surface area (Å²) in [5.74, 6) is -0.0253. The summed E-state index contributed by atoms with van der Waals surface area (Å²) in [4.78, 5) is 27.0. The van der Waals surface area contributed by atoms with Crippen molar-refractivity contribution >= 4 is 11.8 Å². The van der Waals surface area contributed by atoms with Crippen LogP contribution in [0.5, 0.6) is 11.5 Å². The van der Waals surface area contributed by atoms with E-state index in [1.54, 1.807) is 26.2 Å². The Kier molecular flexibility index (Phi) is 8.21. The molecule has 0 heterocycles. The van der Waals surface area contributed by atoms with Gasteiger partial charge < -0.3 is 19.7 Å². The second-order valence-corrected chi connectivity index (χ2v) is 7.40. The molecule has 6 nitrogen and oxygen atoms in total. The van der Waals surface area contributed by atoms with Gasteiger partial charge in [-0.1, -0.05) is 26.0 Å². The zero-order valence-corrected chi connectivity index (χ0v) is 18.1. The molecule has 1 atom stereocenters. The average molecular weight is 416 g/mol. The van der Waals surface area contributed by atoms with Crippen LogP contribution in [0.1, 0.15) is 29.8 Å². The largest absolute Gasteiger partial charge is 0.493 e. The van der Waals surface area contributed by atoms with Crippen LogP contribution < -0.4 is 14.8 Å². The molecule has 0 aromatic heterocycles. The number of rotatable bonds is 9. The van der Waals surface area contributed by atoms with E-state index in [2.05, 4.69) is 5.32 Å². The van der Waals surface area contributed by atoms with Gasteiger partial charge in [-0.3, -0.25) is 9.59 Å². The van der Waals surface area contributed by atoms with Gasteiger partial charge >= 0.3 is 0 Å². The molecule has 2 aromatic carbocycles. The van der Waals surface area contributed by atoms with Crippen molar-refractivity contribution < 1.29 is 23.5 Å². The van der Waals surface area contributed by atoms with Crippen LogP contribution >= 0.6 is 0 Å². The van der Waals surface area contributed by atoms with Crippen molar-refractivity contribution in [2.75, 3.05) is 27.8 Å². The molecule has 0 aliphatic heterocycles. The van der Waals surface area contributed by atoms with Gasteiger partial charge in [0.15, 0.2) is 11.5 Å². The third kappa shape index (κ3) is 5.95. The summed E-state index contributed by atoms with van der Waals surface area (Å²) < 4.78 is 24.0. The summed E-state index contributed by atoms with van der Waals surface area (Å²) in [6.07, 6.45) is 0.616. The van der Waals surface area contributed by atoms with Crippen molar-refractivity contribution in [1.82, 2.24) is 10.2 Å². The first-order valence-corrected chi connectivity index (χ1v) is 9.79. The van der Waals surface area contributed by atoms with Gasteiger partial charge in [-0.25, -0.2) is 4.39 Å². The first-order valence-electron chi connectivity index (χ1n) is 9.79. The average Bonchev–Trinajstić information content (AvgIpc) is 2.74. The molecule has 0 fully saturated rings. The summed E-state index contributed by atoms with van der Waals surface area (Å²) in [5, 5.41) is 2.74. The number of methoxy groups -OCH3 is 2. The third-order valence-electron chi connectivity index (χ3n) is 4.87. The second-order valence-electron chi connectivity index (χ2n) is 7.40. The quantitative estimate of drug-likeness (QED) is 0.681. The summed E-state index contributed by atoms with van der Waals surface area (Å²) in [6.45, 7) is 4.18. The van der Waals surface area contributed by atoms with E-state index in [0.717, 1.165) is 11.6 Å². The standard InChI is InChI=1S/C23H29FN2O4/c1-15(2)21(25-22(27)17-7-6-8-18(24)14-17)23(28)26(3)12-11-16-9-10-19(29-4)20(13-16)30-5/h6-10,13-15,21H,11-12H2,1-5H3,(H,25,27). The van der Waals surface area contributed by atoms with Crippen LogP contribution in [0.4, 0.5) is 4.39 Å². The van der Waals surface area contributed by atoms with Gasteiger partial charge in [0, 0.05) is 19.2 Å². The Morgan fingerprint density at radius 2 is 1.77 bits per heavy atom. The van der Waals surface area contributed by atoms with Crippen molar-refractivity contribution in [2.45, 2.75) is 26.3 Å². The topological polar surface area (TPSA) is 67.9 Å². The minimum Gasteiger partial charge on any atom is -0.493 e. The number of hydrogen-bond donors (Lipinski definition) is 1. The number of ether oxygens (including phenoxy) is 2. The Bertz CT molecular complexity index is 885. The molecule has 0 bridgehead atoms. The number of carbonyl (C=O) groups excluding carboxylic acids is 2. The molecule has 0 saturated carbocycles. The lowest BCUT2D eigenvalue weighted by molar-refractivity contribution is -0.133. The maximum atomic E-state index is 13.4. The molecule has 1 unspecified atom stereocenters. The Morgan fingerprint density at radius 3 is 2.37 bits per heavy atom. The van der Waals surface area contributed by atoms with Gasteiger partial charge in [-0.2, -0.15) is 0 Å². The molecule has 0 aliphatic carbocycles.